The highest BCUT2D eigenvalue weighted by Gasteiger charge is 2.37. The Balaban J connectivity index is 3.05. The number of aldehydes is 1. The molecule has 26 heavy (non-hydrogen) atoms. The maximum absolute atomic E-state index is 12.2. The summed E-state index contributed by atoms with van der Waals surface area (Å²) >= 11 is 0. The molecule has 1 unspecified atom stereocenters. The average molecular weight is 368 g/mol. The highest BCUT2D eigenvalue weighted by molar-refractivity contribution is 5.77. The van der Waals surface area contributed by atoms with Crippen LogP contribution < -0.4 is 10.6 Å². The maximum atomic E-state index is 12.2. The molecule has 3 atom stereocenters. The van der Waals surface area contributed by atoms with Gasteiger partial charge in [-0.2, -0.15) is 0 Å². The third-order valence-electron chi connectivity index (χ3n) is 4.11. The number of alkyl carbamates (subject to hydrolysis) is 1. The maximum Gasteiger partial charge on any atom is 0.407 e. The van der Waals surface area contributed by atoms with E-state index in [-0.39, 0.29) is 12.0 Å². The summed E-state index contributed by atoms with van der Waals surface area (Å²) in [7, 11) is 0. The van der Waals surface area contributed by atoms with E-state index in [9.17, 15) is 14.4 Å². The third kappa shape index (κ3) is 7.15. The van der Waals surface area contributed by atoms with Crippen LogP contribution in [0.1, 0.15) is 60.8 Å². The van der Waals surface area contributed by atoms with E-state index in [1.54, 1.807) is 26.8 Å². The van der Waals surface area contributed by atoms with Crippen molar-refractivity contribution in [3.8, 4) is 0 Å². The lowest BCUT2D eigenvalue weighted by Crippen LogP contribution is -2.59. The summed E-state index contributed by atoms with van der Waals surface area (Å²) in [5, 5.41) is 5.63. The van der Waals surface area contributed by atoms with E-state index in [2.05, 4.69) is 10.6 Å². The van der Waals surface area contributed by atoms with Crippen LogP contribution in [0.5, 0.6) is 0 Å². The number of carbonyl (C=O) groups excluding carboxylic acids is 3. The van der Waals surface area contributed by atoms with Crippen molar-refractivity contribution in [1.29, 1.82) is 0 Å². The lowest BCUT2D eigenvalue weighted by Gasteiger charge is -2.38. The minimum Gasteiger partial charge on any atom is -0.444 e. The first-order valence-corrected chi connectivity index (χ1v) is 9.17. The minimum absolute atomic E-state index is 0.000636. The first-order chi connectivity index (χ1) is 12.1. The van der Waals surface area contributed by atoms with Crippen LogP contribution >= 0.6 is 0 Å². The van der Waals surface area contributed by atoms with E-state index in [0.717, 1.165) is 19.1 Å². The normalized spacial score (nSPS) is 23.2. The minimum atomic E-state index is -0.642. The predicted molar refractivity (Wildman–Crippen MR) is 98.8 cm³/mol. The van der Waals surface area contributed by atoms with Crippen LogP contribution in [0.2, 0.25) is 0 Å². The molecule has 148 valence electrons. The Hall–Kier alpha value is -1.89. The van der Waals surface area contributed by atoms with Gasteiger partial charge in [0.2, 0.25) is 5.91 Å². The summed E-state index contributed by atoms with van der Waals surface area (Å²) in [4.78, 5) is 35.3. The number of nitrogens with one attached hydrogen (secondary N) is 2. The van der Waals surface area contributed by atoms with Gasteiger partial charge in [0, 0.05) is 6.92 Å². The molecule has 0 bridgehead atoms. The Labute approximate surface area is 155 Å². The highest BCUT2D eigenvalue weighted by Crippen LogP contribution is 2.24. The van der Waals surface area contributed by atoms with Gasteiger partial charge in [0.15, 0.2) is 0 Å². The molecule has 0 spiro atoms. The van der Waals surface area contributed by atoms with Crippen molar-refractivity contribution in [2.24, 2.45) is 0 Å². The molecule has 2 amide bonds. The molecule has 7 heteroatoms. The Morgan fingerprint density at radius 2 is 1.88 bits per heavy atom. The van der Waals surface area contributed by atoms with Gasteiger partial charge in [-0.1, -0.05) is 13.8 Å². The van der Waals surface area contributed by atoms with E-state index in [4.69, 9.17) is 9.47 Å². The van der Waals surface area contributed by atoms with Gasteiger partial charge in [0.05, 0.1) is 24.3 Å². The van der Waals surface area contributed by atoms with Crippen molar-refractivity contribution in [1.82, 2.24) is 10.6 Å². The SMILES string of the molecule is CCC(CC)O[C@@H]1C=C(C=O)C[C@H](NC(=O)OC(C)(C)C)C1NC(C)=O. The standard InChI is InChI=1S/C19H32N2O5/c1-7-14(8-2)25-16-10-13(11-22)9-15(17(16)20-12(3)23)21-18(24)26-19(4,5)6/h10-11,14-17H,7-9H2,1-6H3,(H,20,23)(H,21,24)/t15-,16+,17?/m0/s1. The topological polar surface area (TPSA) is 93.7 Å². The van der Waals surface area contributed by atoms with Crippen molar-refractivity contribution in [3.05, 3.63) is 11.6 Å². The van der Waals surface area contributed by atoms with Gasteiger partial charge in [-0.3, -0.25) is 9.59 Å². The van der Waals surface area contributed by atoms with Gasteiger partial charge in [-0.05, 0) is 51.7 Å². The number of hydrogen-bond acceptors (Lipinski definition) is 5. The van der Waals surface area contributed by atoms with E-state index < -0.39 is 29.9 Å². The quantitative estimate of drug-likeness (QED) is 0.673. The Morgan fingerprint density at radius 1 is 1.27 bits per heavy atom. The Kier molecular flexibility index (Phi) is 8.27. The van der Waals surface area contributed by atoms with Gasteiger partial charge in [-0.25, -0.2) is 4.79 Å². The summed E-state index contributed by atoms with van der Waals surface area (Å²) in [5.41, 5.74) is -0.111. The van der Waals surface area contributed by atoms with Crippen molar-refractivity contribution in [3.63, 3.8) is 0 Å². The van der Waals surface area contributed by atoms with Gasteiger partial charge in [0.1, 0.15) is 11.9 Å². The van der Waals surface area contributed by atoms with Crippen LogP contribution in [-0.4, -0.2) is 48.2 Å². The molecule has 0 fully saturated rings. The zero-order valence-electron chi connectivity index (χ0n) is 16.6. The monoisotopic (exact) mass is 368 g/mol. The molecular weight excluding hydrogens is 336 g/mol. The molecule has 7 nitrogen and oxygen atoms in total. The lowest BCUT2D eigenvalue weighted by atomic mass is 9.88. The molecule has 0 radical (unpaired) electrons. The summed E-state index contributed by atoms with van der Waals surface area (Å²) in [5.74, 6) is -0.230. The van der Waals surface area contributed by atoms with E-state index >= 15 is 0 Å². The van der Waals surface area contributed by atoms with Crippen molar-refractivity contribution < 1.29 is 23.9 Å². The molecule has 1 rings (SSSR count). The highest BCUT2D eigenvalue weighted by atomic mass is 16.6. The van der Waals surface area contributed by atoms with E-state index in [1.165, 1.54) is 6.92 Å². The lowest BCUT2D eigenvalue weighted by molar-refractivity contribution is -0.121. The van der Waals surface area contributed by atoms with E-state index in [0.29, 0.717) is 12.0 Å². The van der Waals surface area contributed by atoms with Crippen LogP contribution in [0, 0.1) is 0 Å². The van der Waals surface area contributed by atoms with Gasteiger partial charge in [0.25, 0.3) is 0 Å². The van der Waals surface area contributed by atoms with Crippen LogP contribution in [0.3, 0.4) is 0 Å². The van der Waals surface area contributed by atoms with E-state index in [1.807, 2.05) is 13.8 Å². The number of ether oxygens (including phenoxy) is 2. The first kappa shape index (κ1) is 22.2. The number of rotatable bonds is 7. The van der Waals surface area contributed by atoms with Gasteiger partial charge in [-0.15, -0.1) is 0 Å². The fourth-order valence-electron chi connectivity index (χ4n) is 2.92. The molecular formula is C19H32N2O5. The van der Waals surface area contributed by atoms with Crippen molar-refractivity contribution in [2.75, 3.05) is 0 Å². The summed E-state index contributed by atoms with van der Waals surface area (Å²) in [6, 6.07) is -0.984. The van der Waals surface area contributed by atoms with Crippen LogP contribution in [-0.2, 0) is 19.1 Å². The largest absolute Gasteiger partial charge is 0.444 e. The second kappa shape index (κ2) is 9.71. The number of carbonyl (C=O) groups is 3. The molecule has 0 saturated carbocycles. The molecule has 0 heterocycles. The van der Waals surface area contributed by atoms with Gasteiger partial charge < -0.3 is 20.1 Å². The number of amides is 2. The molecule has 0 aliphatic heterocycles. The molecule has 0 aromatic heterocycles. The predicted octanol–water partition coefficient (Wildman–Crippen LogP) is 2.49. The smallest absolute Gasteiger partial charge is 0.407 e. The molecule has 1 aliphatic rings. The van der Waals surface area contributed by atoms with Crippen molar-refractivity contribution >= 4 is 18.3 Å². The Morgan fingerprint density at radius 3 is 2.35 bits per heavy atom. The molecule has 1 aliphatic carbocycles. The molecule has 0 aromatic carbocycles. The summed E-state index contributed by atoms with van der Waals surface area (Å²) in [6.45, 7) is 10.8. The average Bonchev–Trinajstić information content (AvgIpc) is 2.52. The fraction of sp³-hybridized carbons (Fsp3) is 0.737. The summed E-state index contributed by atoms with van der Waals surface area (Å²) in [6.07, 6.45) is 3.33. The zero-order chi connectivity index (χ0) is 19.9. The molecule has 0 aromatic rings. The molecule has 0 saturated heterocycles. The third-order valence-corrected chi connectivity index (χ3v) is 4.11. The Bertz CT molecular complexity index is 535. The summed E-state index contributed by atoms with van der Waals surface area (Å²) < 4.78 is 11.4. The van der Waals surface area contributed by atoms with Crippen LogP contribution in [0.25, 0.3) is 0 Å². The number of hydrogen-bond donors (Lipinski definition) is 2. The molecule has 2 N–H and O–H groups in total. The second-order valence-corrected chi connectivity index (χ2v) is 7.58. The van der Waals surface area contributed by atoms with Crippen LogP contribution in [0.4, 0.5) is 4.79 Å². The first-order valence-electron chi connectivity index (χ1n) is 9.17. The second-order valence-electron chi connectivity index (χ2n) is 7.58. The van der Waals surface area contributed by atoms with Gasteiger partial charge >= 0.3 is 6.09 Å². The zero-order valence-corrected chi connectivity index (χ0v) is 16.6. The van der Waals surface area contributed by atoms with Crippen molar-refractivity contribution in [2.45, 2.75) is 90.7 Å². The van der Waals surface area contributed by atoms with Crippen LogP contribution in [0.15, 0.2) is 11.6 Å². The fourth-order valence-corrected chi connectivity index (χ4v) is 2.92.